The molecular formula is C19H23N3O3. The van der Waals surface area contributed by atoms with Gasteiger partial charge in [-0.15, -0.1) is 0 Å². The summed E-state index contributed by atoms with van der Waals surface area (Å²) in [5.74, 6) is 0.683. The number of nitrogens with zero attached hydrogens (tertiary/aromatic N) is 2. The summed E-state index contributed by atoms with van der Waals surface area (Å²) in [6.45, 7) is 1.26. The zero-order valence-electron chi connectivity index (χ0n) is 14.3. The van der Waals surface area contributed by atoms with E-state index in [0.717, 1.165) is 18.4 Å². The van der Waals surface area contributed by atoms with Crippen molar-refractivity contribution in [3.63, 3.8) is 0 Å². The number of likely N-dealkylation sites (tertiary alicyclic amines) is 1. The van der Waals surface area contributed by atoms with Crippen molar-refractivity contribution in [3.05, 3.63) is 54.2 Å². The number of benzene rings is 1. The summed E-state index contributed by atoms with van der Waals surface area (Å²) in [5, 5.41) is 13.4. The Balaban J connectivity index is 1.52. The Kier molecular flexibility index (Phi) is 5.50. The van der Waals surface area contributed by atoms with E-state index in [9.17, 15) is 9.90 Å². The molecule has 2 aromatic rings. The van der Waals surface area contributed by atoms with E-state index in [0.29, 0.717) is 24.7 Å². The van der Waals surface area contributed by atoms with E-state index in [2.05, 4.69) is 10.3 Å². The fourth-order valence-corrected chi connectivity index (χ4v) is 3.12. The molecule has 2 amide bonds. The number of nitrogens with one attached hydrogen (secondary N) is 1. The summed E-state index contributed by atoms with van der Waals surface area (Å²) in [4.78, 5) is 18.2. The molecule has 1 aliphatic heterocycles. The number of ether oxygens (including phenoxy) is 1. The van der Waals surface area contributed by atoms with E-state index in [1.54, 1.807) is 30.3 Å². The molecule has 0 unspecified atom stereocenters. The quantitative estimate of drug-likeness (QED) is 0.896. The number of hydrogen-bond acceptors (Lipinski definition) is 4. The maximum absolute atomic E-state index is 12.4. The first-order valence-electron chi connectivity index (χ1n) is 8.46. The number of carbonyl (C=O) groups excluding carboxylic acids is 1. The zero-order chi connectivity index (χ0) is 17.6. The highest BCUT2D eigenvalue weighted by Crippen LogP contribution is 2.30. The molecule has 0 radical (unpaired) electrons. The van der Waals surface area contributed by atoms with Gasteiger partial charge in [-0.3, -0.25) is 0 Å². The summed E-state index contributed by atoms with van der Waals surface area (Å²) in [6, 6.07) is 13.0. The Bertz CT molecular complexity index is 683. The van der Waals surface area contributed by atoms with Crippen molar-refractivity contribution in [3.8, 4) is 5.88 Å². The number of amides is 2. The number of pyridine rings is 1. The van der Waals surface area contributed by atoms with Gasteiger partial charge < -0.3 is 20.1 Å². The highest BCUT2D eigenvalue weighted by Gasteiger charge is 2.28. The lowest BCUT2D eigenvalue weighted by atomic mass is 9.87. The van der Waals surface area contributed by atoms with Gasteiger partial charge >= 0.3 is 6.03 Å². The topological polar surface area (TPSA) is 74.7 Å². The fourth-order valence-electron chi connectivity index (χ4n) is 3.12. The van der Waals surface area contributed by atoms with Crippen LogP contribution < -0.4 is 10.1 Å². The summed E-state index contributed by atoms with van der Waals surface area (Å²) >= 11 is 0. The Labute approximate surface area is 147 Å². The van der Waals surface area contributed by atoms with Crippen LogP contribution in [0.4, 0.5) is 10.5 Å². The third kappa shape index (κ3) is 4.28. The highest BCUT2D eigenvalue weighted by molar-refractivity contribution is 5.89. The number of rotatable bonds is 4. The Morgan fingerprint density at radius 2 is 1.96 bits per heavy atom. The van der Waals surface area contributed by atoms with Crippen LogP contribution in [0.3, 0.4) is 0 Å². The smallest absolute Gasteiger partial charge is 0.321 e. The summed E-state index contributed by atoms with van der Waals surface area (Å²) in [7, 11) is 1.55. The second-order valence-corrected chi connectivity index (χ2v) is 6.20. The first-order chi connectivity index (χ1) is 12.2. The predicted octanol–water partition coefficient (Wildman–Crippen LogP) is 3.07. The first kappa shape index (κ1) is 17.2. The number of aliphatic hydroxyl groups excluding tert-OH is 1. The van der Waals surface area contributed by atoms with Gasteiger partial charge in [-0.05, 0) is 30.4 Å². The standard InChI is InChI=1S/C19H23N3O3/c1-25-17-8-7-16(13-20-17)21-19(24)22-11-9-15(10-12-22)18(23)14-5-3-2-4-6-14/h2-8,13,15,18,23H,9-12H2,1H3,(H,21,24)/t18-/m1/s1. The minimum absolute atomic E-state index is 0.139. The Hall–Kier alpha value is -2.60. The molecule has 1 saturated heterocycles. The molecule has 2 N–H and O–H groups in total. The molecule has 1 aromatic carbocycles. The van der Waals surface area contributed by atoms with E-state index in [4.69, 9.17) is 4.74 Å². The number of hydrogen-bond donors (Lipinski definition) is 2. The van der Waals surface area contributed by atoms with Crippen LogP contribution in [0.2, 0.25) is 0 Å². The molecule has 1 atom stereocenters. The van der Waals surface area contributed by atoms with Gasteiger partial charge in [0, 0.05) is 19.2 Å². The molecular weight excluding hydrogens is 318 g/mol. The molecule has 0 bridgehead atoms. The van der Waals surface area contributed by atoms with Gasteiger partial charge in [-0.2, -0.15) is 0 Å². The van der Waals surface area contributed by atoms with Crippen molar-refractivity contribution in [1.29, 1.82) is 0 Å². The van der Waals surface area contributed by atoms with Crippen LogP contribution in [0.15, 0.2) is 48.7 Å². The normalized spacial score (nSPS) is 16.3. The van der Waals surface area contributed by atoms with Gasteiger partial charge in [0.1, 0.15) is 0 Å². The van der Waals surface area contributed by atoms with E-state index < -0.39 is 6.10 Å². The number of urea groups is 1. The van der Waals surface area contributed by atoms with E-state index in [-0.39, 0.29) is 11.9 Å². The van der Waals surface area contributed by atoms with Gasteiger partial charge in [0.15, 0.2) is 0 Å². The number of aliphatic hydroxyl groups is 1. The van der Waals surface area contributed by atoms with Crippen LogP contribution in [-0.2, 0) is 0 Å². The van der Waals surface area contributed by atoms with E-state index >= 15 is 0 Å². The van der Waals surface area contributed by atoms with Gasteiger partial charge in [0.05, 0.1) is 25.1 Å². The molecule has 0 aliphatic carbocycles. The molecule has 0 spiro atoms. The first-order valence-corrected chi connectivity index (χ1v) is 8.46. The van der Waals surface area contributed by atoms with Crippen LogP contribution in [-0.4, -0.2) is 41.2 Å². The molecule has 1 aliphatic rings. The molecule has 1 aromatic heterocycles. The van der Waals surface area contributed by atoms with Crippen LogP contribution in [0, 0.1) is 5.92 Å². The summed E-state index contributed by atoms with van der Waals surface area (Å²) in [6.07, 6.45) is 2.66. The Morgan fingerprint density at radius 3 is 2.56 bits per heavy atom. The number of anilines is 1. The molecule has 1 fully saturated rings. The minimum Gasteiger partial charge on any atom is -0.481 e. The average molecular weight is 341 g/mol. The average Bonchev–Trinajstić information content (AvgIpc) is 2.69. The van der Waals surface area contributed by atoms with E-state index in [1.807, 2.05) is 30.3 Å². The van der Waals surface area contributed by atoms with Crippen molar-refractivity contribution in [2.45, 2.75) is 18.9 Å². The molecule has 6 heteroatoms. The molecule has 6 nitrogen and oxygen atoms in total. The van der Waals surface area contributed by atoms with Crippen LogP contribution in [0.25, 0.3) is 0 Å². The molecule has 0 saturated carbocycles. The SMILES string of the molecule is COc1ccc(NC(=O)N2CCC([C@H](O)c3ccccc3)CC2)cn1. The largest absolute Gasteiger partial charge is 0.481 e. The fraction of sp³-hybridized carbons (Fsp3) is 0.368. The number of carbonyl (C=O) groups is 1. The molecule has 132 valence electrons. The number of aromatic nitrogens is 1. The van der Waals surface area contributed by atoms with Crippen molar-refractivity contribution in [1.82, 2.24) is 9.88 Å². The molecule has 3 rings (SSSR count). The monoisotopic (exact) mass is 341 g/mol. The predicted molar refractivity (Wildman–Crippen MR) is 95.5 cm³/mol. The van der Waals surface area contributed by atoms with Crippen LogP contribution in [0.1, 0.15) is 24.5 Å². The van der Waals surface area contributed by atoms with Gasteiger partial charge in [-0.1, -0.05) is 30.3 Å². The number of methoxy groups -OCH3 is 1. The van der Waals surface area contributed by atoms with Crippen molar-refractivity contribution in [2.75, 3.05) is 25.5 Å². The molecule has 25 heavy (non-hydrogen) atoms. The lowest BCUT2D eigenvalue weighted by molar-refractivity contribution is 0.0683. The van der Waals surface area contributed by atoms with E-state index in [1.165, 1.54) is 0 Å². The lowest BCUT2D eigenvalue weighted by Crippen LogP contribution is -2.42. The van der Waals surface area contributed by atoms with Crippen molar-refractivity contribution in [2.24, 2.45) is 5.92 Å². The van der Waals surface area contributed by atoms with Crippen LogP contribution in [0.5, 0.6) is 5.88 Å². The lowest BCUT2D eigenvalue weighted by Gasteiger charge is -2.34. The third-order valence-corrected chi connectivity index (χ3v) is 4.61. The zero-order valence-corrected chi connectivity index (χ0v) is 14.3. The summed E-state index contributed by atoms with van der Waals surface area (Å²) in [5.41, 5.74) is 1.58. The van der Waals surface area contributed by atoms with Crippen molar-refractivity contribution < 1.29 is 14.6 Å². The van der Waals surface area contributed by atoms with Crippen LogP contribution >= 0.6 is 0 Å². The van der Waals surface area contributed by atoms with Gasteiger partial charge in [0.2, 0.25) is 5.88 Å². The van der Waals surface area contributed by atoms with Crippen molar-refractivity contribution >= 4 is 11.7 Å². The maximum Gasteiger partial charge on any atom is 0.321 e. The molecule has 2 heterocycles. The highest BCUT2D eigenvalue weighted by atomic mass is 16.5. The number of piperidine rings is 1. The van der Waals surface area contributed by atoms with Gasteiger partial charge in [0.25, 0.3) is 0 Å². The summed E-state index contributed by atoms with van der Waals surface area (Å²) < 4.78 is 5.00. The van der Waals surface area contributed by atoms with Gasteiger partial charge in [-0.25, -0.2) is 9.78 Å². The third-order valence-electron chi connectivity index (χ3n) is 4.61. The second-order valence-electron chi connectivity index (χ2n) is 6.20. The minimum atomic E-state index is -0.475. The Morgan fingerprint density at radius 1 is 1.24 bits per heavy atom. The second kappa shape index (κ2) is 7.98. The maximum atomic E-state index is 12.4.